The van der Waals surface area contributed by atoms with Gasteiger partial charge in [-0.25, -0.2) is 4.79 Å². The highest BCUT2D eigenvalue weighted by Crippen LogP contribution is 2.47. The van der Waals surface area contributed by atoms with Crippen LogP contribution in [0.1, 0.15) is 35.2 Å². The zero-order valence-corrected chi connectivity index (χ0v) is 13.8. The third-order valence-electron chi connectivity index (χ3n) is 4.44. The summed E-state index contributed by atoms with van der Waals surface area (Å²) < 4.78 is 16.0. The van der Waals surface area contributed by atoms with Crippen LogP contribution < -0.4 is 4.74 Å². The molecule has 1 fully saturated rings. The molecule has 130 valence electrons. The van der Waals surface area contributed by atoms with Crippen molar-refractivity contribution in [3.8, 4) is 5.75 Å². The molecule has 1 heterocycles. The molecule has 3 rings (SSSR count). The van der Waals surface area contributed by atoms with Crippen molar-refractivity contribution in [2.24, 2.45) is 5.16 Å². The fourth-order valence-corrected chi connectivity index (χ4v) is 2.90. The summed E-state index contributed by atoms with van der Waals surface area (Å²) in [5.74, 6) is -0.713. The smallest absolute Gasteiger partial charge is 0.339 e. The van der Waals surface area contributed by atoms with E-state index >= 15 is 0 Å². The molecule has 2 aliphatic rings. The first-order valence-corrected chi connectivity index (χ1v) is 7.87. The van der Waals surface area contributed by atoms with Gasteiger partial charge in [-0.1, -0.05) is 5.16 Å². The lowest BCUT2D eigenvalue weighted by molar-refractivity contribution is -0.0862. The van der Waals surface area contributed by atoms with Crippen molar-refractivity contribution in [2.45, 2.75) is 31.0 Å². The molecule has 0 saturated heterocycles. The van der Waals surface area contributed by atoms with Crippen LogP contribution in [-0.2, 0) is 14.3 Å². The Bertz CT molecular complexity index is 652. The summed E-state index contributed by atoms with van der Waals surface area (Å²) in [5, 5.41) is 13.4. The number of aromatic carboxylic acids is 1. The molecule has 1 aromatic rings. The van der Waals surface area contributed by atoms with Crippen molar-refractivity contribution in [3.05, 3.63) is 29.3 Å². The van der Waals surface area contributed by atoms with Crippen LogP contribution in [0.4, 0.5) is 0 Å². The molecule has 1 saturated carbocycles. The van der Waals surface area contributed by atoms with E-state index in [1.807, 2.05) is 0 Å². The first-order chi connectivity index (χ1) is 11.6. The average Bonchev–Trinajstić information content (AvgIpc) is 3.20. The van der Waals surface area contributed by atoms with E-state index in [1.54, 1.807) is 25.3 Å². The molecule has 0 amide bonds. The molecule has 7 nitrogen and oxygen atoms in total. The van der Waals surface area contributed by atoms with E-state index in [4.69, 9.17) is 19.0 Å². The Morgan fingerprint density at radius 1 is 1.38 bits per heavy atom. The molecule has 1 aliphatic heterocycles. The van der Waals surface area contributed by atoms with Gasteiger partial charge in [0.2, 0.25) is 0 Å². The monoisotopic (exact) mass is 335 g/mol. The second-order valence-corrected chi connectivity index (χ2v) is 5.96. The molecule has 0 radical (unpaired) electrons. The van der Waals surface area contributed by atoms with Crippen molar-refractivity contribution < 1.29 is 28.9 Å². The zero-order valence-electron chi connectivity index (χ0n) is 13.8. The lowest BCUT2D eigenvalue weighted by atomic mass is 9.99. The van der Waals surface area contributed by atoms with Gasteiger partial charge >= 0.3 is 5.97 Å². The van der Waals surface area contributed by atoms with Gasteiger partial charge in [0.25, 0.3) is 0 Å². The molecule has 0 bridgehead atoms. The quantitative estimate of drug-likeness (QED) is 0.732. The number of hydrogen-bond donors (Lipinski definition) is 1. The molecule has 7 heteroatoms. The number of nitrogens with zero attached hydrogens (tertiary/aromatic N) is 1. The molecule has 1 aliphatic carbocycles. The molecule has 1 unspecified atom stereocenters. The number of ether oxygens (including phenoxy) is 3. The van der Waals surface area contributed by atoms with Gasteiger partial charge in [0, 0.05) is 19.1 Å². The summed E-state index contributed by atoms with van der Waals surface area (Å²) in [6, 6.07) is 4.99. The predicted molar refractivity (Wildman–Crippen MR) is 85.8 cm³/mol. The summed E-state index contributed by atoms with van der Waals surface area (Å²) >= 11 is 0. The van der Waals surface area contributed by atoms with E-state index in [1.165, 1.54) is 7.11 Å². The number of carboxylic acids is 1. The average molecular weight is 335 g/mol. The molecule has 0 aromatic heterocycles. The Morgan fingerprint density at radius 2 is 2.17 bits per heavy atom. The van der Waals surface area contributed by atoms with Gasteiger partial charge < -0.3 is 24.2 Å². The van der Waals surface area contributed by atoms with Crippen LogP contribution in [0, 0.1) is 0 Å². The summed E-state index contributed by atoms with van der Waals surface area (Å²) in [6.45, 7) is 1.07. The van der Waals surface area contributed by atoms with Crippen LogP contribution in [0.15, 0.2) is 23.4 Å². The SMILES string of the molecule is COCCOC1(C2CC(c3ccc(OC)c(C(=O)O)c3)=NO2)CC1. The van der Waals surface area contributed by atoms with Crippen LogP contribution >= 0.6 is 0 Å². The maximum Gasteiger partial charge on any atom is 0.339 e. The highest BCUT2D eigenvalue weighted by Gasteiger charge is 2.54. The second kappa shape index (κ2) is 6.78. The first kappa shape index (κ1) is 16.7. The van der Waals surface area contributed by atoms with E-state index in [-0.39, 0.29) is 17.3 Å². The minimum atomic E-state index is -1.04. The van der Waals surface area contributed by atoms with Crippen LogP contribution in [0.5, 0.6) is 5.75 Å². The number of hydrogen-bond acceptors (Lipinski definition) is 6. The molecular formula is C17H21NO6. The van der Waals surface area contributed by atoms with Crippen molar-refractivity contribution >= 4 is 11.7 Å². The third kappa shape index (κ3) is 3.22. The number of oxime groups is 1. The van der Waals surface area contributed by atoms with Gasteiger partial charge in [-0.05, 0) is 31.0 Å². The Hall–Kier alpha value is -2.12. The normalized spacial score (nSPS) is 21.1. The van der Waals surface area contributed by atoms with E-state index in [9.17, 15) is 9.90 Å². The van der Waals surface area contributed by atoms with Gasteiger partial charge in [-0.15, -0.1) is 0 Å². The Kier molecular flexibility index (Phi) is 4.73. The minimum Gasteiger partial charge on any atom is -0.496 e. The van der Waals surface area contributed by atoms with Crippen LogP contribution in [-0.4, -0.2) is 55.9 Å². The second-order valence-electron chi connectivity index (χ2n) is 5.96. The zero-order chi connectivity index (χ0) is 17.2. The third-order valence-corrected chi connectivity index (χ3v) is 4.44. The highest BCUT2D eigenvalue weighted by atomic mass is 16.7. The van der Waals surface area contributed by atoms with Gasteiger partial charge in [-0.2, -0.15) is 0 Å². The van der Waals surface area contributed by atoms with E-state index < -0.39 is 5.97 Å². The fraction of sp³-hybridized carbons (Fsp3) is 0.529. The van der Waals surface area contributed by atoms with Crippen molar-refractivity contribution in [1.29, 1.82) is 0 Å². The summed E-state index contributed by atoms with van der Waals surface area (Å²) in [7, 11) is 3.09. The Labute approximate surface area is 140 Å². The number of benzene rings is 1. The molecular weight excluding hydrogens is 314 g/mol. The molecule has 1 aromatic carbocycles. The lowest BCUT2D eigenvalue weighted by Gasteiger charge is -2.21. The molecule has 24 heavy (non-hydrogen) atoms. The largest absolute Gasteiger partial charge is 0.496 e. The van der Waals surface area contributed by atoms with Crippen LogP contribution in [0.2, 0.25) is 0 Å². The van der Waals surface area contributed by atoms with Gasteiger partial charge in [-0.3, -0.25) is 0 Å². The van der Waals surface area contributed by atoms with E-state index in [0.717, 1.165) is 24.1 Å². The number of rotatable bonds is 8. The number of methoxy groups -OCH3 is 2. The maximum absolute atomic E-state index is 11.3. The van der Waals surface area contributed by atoms with Crippen molar-refractivity contribution in [2.75, 3.05) is 27.4 Å². The van der Waals surface area contributed by atoms with Crippen LogP contribution in [0.3, 0.4) is 0 Å². The highest BCUT2D eigenvalue weighted by molar-refractivity contribution is 6.03. The van der Waals surface area contributed by atoms with Gasteiger partial charge in [0.05, 0.1) is 26.0 Å². The lowest BCUT2D eigenvalue weighted by Crippen LogP contribution is -2.32. The molecule has 1 atom stereocenters. The fourth-order valence-electron chi connectivity index (χ4n) is 2.90. The molecule has 0 spiro atoms. The summed E-state index contributed by atoms with van der Waals surface area (Å²) in [6.07, 6.45) is 2.33. The van der Waals surface area contributed by atoms with Gasteiger partial charge in [0.1, 0.15) is 16.9 Å². The van der Waals surface area contributed by atoms with Crippen molar-refractivity contribution in [3.63, 3.8) is 0 Å². The van der Waals surface area contributed by atoms with Crippen LogP contribution in [0.25, 0.3) is 0 Å². The number of carboxylic acid groups (broad SMARTS) is 1. The first-order valence-electron chi connectivity index (χ1n) is 7.87. The topological polar surface area (TPSA) is 86.6 Å². The molecule has 1 N–H and O–H groups in total. The number of carbonyl (C=O) groups is 1. The van der Waals surface area contributed by atoms with Crippen molar-refractivity contribution in [1.82, 2.24) is 0 Å². The Morgan fingerprint density at radius 3 is 2.79 bits per heavy atom. The standard InChI is InChI=1S/C17H21NO6/c1-21-7-8-23-17(5-6-17)15-10-13(18-24-15)11-3-4-14(22-2)12(9-11)16(19)20/h3-4,9,15H,5-8,10H2,1-2H3,(H,19,20). The maximum atomic E-state index is 11.3. The summed E-state index contributed by atoms with van der Waals surface area (Å²) in [5.41, 5.74) is 1.28. The summed E-state index contributed by atoms with van der Waals surface area (Å²) in [4.78, 5) is 16.9. The predicted octanol–water partition coefficient (Wildman–Crippen LogP) is 2.08. The Balaban J connectivity index is 1.70. The minimum absolute atomic E-state index is 0.110. The van der Waals surface area contributed by atoms with E-state index in [2.05, 4.69) is 5.16 Å². The van der Waals surface area contributed by atoms with Gasteiger partial charge in [0.15, 0.2) is 6.10 Å². The van der Waals surface area contributed by atoms with E-state index in [0.29, 0.717) is 25.4 Å².